The predicted octanol–water partition coefficient (Wildman–Crippen LogP) is -0.0629. The van der Waals surface area contributed by atoms with Crippen LogP contribution in [0.5, 0.6) is 0 Å². The molecule has 134 valence electrons. The van der Waals surface area contributed by atoms with Crippen molar-refractivity contribution < 1.29 is 9.59 Å². The number of carbonyl (C=O) groups excluding carboxylic acids is 2. The van der Waals surface area contributed by atoms with Crippen LogP contribution in [0.15, 0.2) is 40.9 Å². The third-order valence-corrected chi connectivity index (χ3v) is 5.18. The number of hydrogen-bond acceptors (Lipinski definition) is 6. The smallest absolute Gasteiger partial charge is 0.338 e. The van der Waals surface area contributed by atoms with Crippen molar-refractivity contribution in [2.75, 3.05) is 26.2 Å². The number of fused-ring (bicyclic) bond motifs is 1. The fourth-order valence-electron chi connectivity index (χ4n) is 2.93. The van der Waals surface area contributed by atoms with Gasteiger partial charge in [-0.2, -0.15) is 0 Å². The van der Waals surface area contributed by atoms with Crippen LogP contribution >= 0.6 is 11.3 Å². The van der Waals surface area contributed by atoms with E-state index in [9.17, 15) is 14.4 Å². The Hall–Kier alpha value is -3.01. The Bertz CT molecular complexity index is 1000. The van der Waals surface area contributed by atoms with Crippen LogP contribution in [0.25, 0.3) is 5.65 Å². The quantitative estimate of drug-likeness (QED) is 0.642. The van der Waals surface area contributed by atoms with E-state index in [1.165, 1.54) is 34.3 Å². The monoisotopic (exact) mass is 372 g/mol. The fourth-order valence-corrected chi connectivity index (χ4v) is 3.62. The number of hydrogen-bond donors (Lipinski definition) is 0. The molecule has 0 spiro atoms. The topological polar surface area (TPSA) is 92.8 Å². The Morgan fingerprint density at radius 3 is 2.62 bits per heavy atom. The highest BCUT2D eigenvalue weighted by Crippen LogP contribution is 2.14. The van der Waals surface area contributed by atoms with E-state index in [-0.39, 0.29) is 24.0 Å². The second-order valence-electron chi connectivity index (χ2n) is 5.90. The molecule has 10 heteroatoms. The second kappa shape index (κ2) is 6.71. The zero-order valence-electron chi connectivity index (χ0n) is 13.8. The third kappa shape index (κ3) is 2.99. The summed E-state index contributed by atoms with van der Waals surface area (Å²) in [4.78, 5) is 45.1. The highest BCUT2D eigenvalue weighted by atomic mass is 32.1. The zero-order valence-corrected chi connectivity index (χ0v) is 14.6. The molecular formula is C16H16N6O3S. The molecule has 26 heavy (non-hydrogen) atoms. The first-order chi connectivity index (χ1) is 12.6. The average Bonchev–Trinajstić information content (AvgIpc) is 3.31. The van der Waals surface area contributed by atoms with E-state index in [2.05, 4.69) is 10.1 Å². The maximum atomic E-state index is 12.5. The normalized spacial score (nSPS) is 14.8. The lowest BCUT2D eigenvalue weighted by Gasteiger charge is -2.34. The number of nitrogens with zero attached hydrogens (tertiary/aromatic N) is 6. The van der Waals surface area contributed by atoms with Gasteiger partial charge in [-0.3, -0.25) is 14.6 Å². The van der Waals surface area contributed by atoms with Crippen molar-refractivity contribution in [2.45, 2.75) is 6.54 Å². The van der Waals surface area contributed by atoms with Crippen molar-refractivity contribution in [1.82, 2.24) is 29.0 Å². The fraction of sp³-hybridized carbons (Fsp3) is 0.312. The lowest BCUT2D eigenvalue weighted by molar-refractivity contribution is -0.133. The molecule has 0 radical (unpaired) electrons. The van der Waals surface area contributed by atoms with Crippen LogP contribution in [0.1, 0.15) is 9.67 Å². The lowest BCUT2D eigenvalue weighted by atomic mass is 10.3. The number of thiophene rings is 1. The first-order valence-corrected chi connectivity index (χ1v) is 9.01. The average molecular weight is 372 g/mol. The van der Waals surface area contributed by atoms with Crippen molar-refractivity contribution in [3.8, 4) is 0 Å². The molecule has 1 aliphatic heterocycles. The standard InChI is InChI=1S/C16H16N6O3S/c23-14(11-22-16(25)21-4-3-17-10-13(21)18-22)19-5-7-20(8-6-19)15(24)12-2-1-9-26-12/h1-4,9-10H,5-8,11H2. The maximum absolute atomic E-state index is 12.5. The summed E-state index contributed by atoms with van der Waals surface area (Å²) < 4.78 is 2.49. The lowest BCUT2D eigenvalue weighted by Crippen LogP contribution is -2.51. The summed E-state index contributed by atoms with van der Waals surface area (Å²) in [6.07, 6.45) is 4.48. The molecule has 0 N–H and O–H groups in total. The van der Waals surface area contributed by atoms with Gasteiger partial charge in [-0.25, -0.2) is 13.9 Å². The van der Waals surface area contributed by atoms with Crippen LogP contribution in [0.2, 0.25) is 0 Å². The first-order valence-electron chi connectivity index (χ1n) is 8.13. The van der Waals surface area contributed by atoms with Gasteiger partial charge in [-0.15, -0.1) is 16.4 Å². The van der Waals surface area contributed by atoms with Gasteiger partial charge in [-0.05, 0) is 11.4 Å². The van der Waals surface area contributed by atoms with Gasteiger partial charge >= 0.3 is 5.69 Å². The van der Waals surface area contributed by atoms with Crippen molar-refractivity contribution in [2.24, 2.45) is 0 Å². The molecule has 3 aromatic rings. The van der Waals surface area contributed by atoms with Gasteiger partial charge in [0.05, 0.1) is 11.1 Å². The minimum absolute atomic E-state index is 0.00355. The molecule has 1 aliphatic rings. The molecule has 3 aromatic heterocycles. The molecule has 9 nitrogen and oxygen atoms in total. The summed E-state index contributed by atoms with van der Waals surface area (Å²) in [7, 11) is 0. The van der Waals surface area contributed by atoms with E-state index in [0.717, 1.165) is 4.68 Å². The van der Waals surface area contributed by atoms with E-state index in [0.29, 0.717) is 36.7 Å². The van der Waals surface area contributed by atoms with Crippen LogP contribution in [0, 0.1) is 0 Å². The van der Waals surface area contributed by atoms with Gasteiger partial charge in [0.2, 0.25) is 5.91 Å². The molecule has 4 heterocycles. The Labute approximate surface area is 152 Å². The SMILES string of the molecule is O=C(Cn1nc2cnccn2c1=O)N1CCN(C(=O)c2cccs2)CC1. The van der Waals surface area contributed by atoms with E-state index in [4.69, 9.17) is 0 Å². The Kier molecular flexibility index (Phi) is 4.25. The van der Waals surface area contributed by atoms with Crippen LogP contribution in [0.3, 0.4) is 0 Å². The van der Waals surface area contributed by atoms with Gasteiger partial charge in [0.25, 0.3) is 5.91 Å². The molecule has 0 unspecified atom stereocenters. The zero-order chi connectivity index (χ0) is 18.1. The molecule has 0 aliphatic carbocycles. The maximum Gasteiger partial charge on any atom is 0.350 e. The van der Waals surface area contributed by atoms with E-state index in [1.807, 2.05) is 11.4 Å². The number of amides is 2. The highest BCUT2D eigenvalue weighted by molar-refractivity contribution is 7.12. The van der Waals surface area contributed by atoms with E-state index < -0.39 is 0 Å². The van der Waals surface area contributed by atoms with Crippen molar-refractivity contribution in [3.05, 3.63) is 51.5 Å². The predicted molar refractivity (Wildman–Crippen MR) is 94.0 cm³/mol. The van der Waals surface area contributed by atoms with Gasteiger partial charge in [0.15, 0.2) is 5.65 Å². The molecule has 0 aromatic carbocycles. The summed E-state index contributed by atoms with van der Waals surface area (Å²) in [5.41, 5.74) is 0.0268. The summed E-state index contributed by atoms with van der Waals surface area (Å²) in [5.74, 6) is -0.192. The van der Waals surface area contributed by atoms with Crippen LogP contribution < -0.4 is 5.69 Å². The van der Waals surface area contributed by atoms with Gasteiger partial charge in [-0.1, -0.05) is 6.07 Å². The number of aromatic nitrogens is 4. The van der Waals surface area contributed by atoms with Crippen LogP contribution in [-0.4, -0.2) is 67.0 Å². The van der Waals surface area contributed by atoms with E-state index in [1.54, 1.807) is 15.9 Å². The first kappa shape index (κ1) is 16.5. The molecule has 1 fully saturated rings. The summed E-state index contributed by atoms with van der Waals surface area (Å²) in [5, 5.41) is 5.99. The Morgan fingerprint density at radius 1 is 1.15 bits per heavy atom. The number of carbonyl (C=O) groups is 2. The number of rotatable bonds is 3. The molecule has 0 bridgehead atoms. The minimum atomic E-state index is -0.373. The van der Waals surface area contributed by atoms with E-state index >= 15 is 0 Å². The Balaban J connectivity index is 1.40. The minimum Gasteiger partial charge on any atom is -0.338 e. The van der Waals surface area contributed by atoms with Crippen molar-refractivity contribution in [3.63, 3.8) is 0 Å². The summed E-state index contributed by atoms with van der Waals surface area (Å²) >= 11 is 1.41. The Morgan fingerprint density at radius 2 is 1.92 bits per heavy atom. The van der Waals surface area contributed by atoms with Crippen LogP contribution in [-0.2, 0) is 11.3 Å². The van der Waals surface area contributed by atoms with Gasteiger partial charge in [0.1, 0.15) is 6.54 Å². The molecular weight excluding hydrogens is 356 g/mol. The van der Waals surface area contributed by atoms with Gasteiger partial charge in [0, 0.05) is 38.6 Å². The second-order valence-corrected chi connectivity index (χ2v) is 6.84. The molecule has 0 saturated carbocycles. The largest absolute Gasteiger partial charge is 0.350 e. The van der Waals surface area contributed by atoms with Crippen molar-refractivity contribution in [1.29, 1.82) is 0 Å². The van der Waals surface area contributed by atoms with Gasteiger partial charge < -0.3 is 9.80 Å². The molecule has 2 amide bonds. The summed E-state index contributed by atoms with van der Waals surface area (Å²) in [6.45, 7) is 1.72. The summed E-state index contributed by atoms with van der Waals surface area (Å²) in [6, 6.07) is 3.65. The molecule has 0 atom stereocenters. The third-order valence-electron chi connectivity index (χ3n) is 4.33. The molecule has 1 saturated heterocycles. The molecule has 4 rings (SSSR count). The van der Waals surface area contributed by atoms with Crippen LogP contribution in [0.4, 0.5) is 0 Å². The van der Waals surface area contributed by atoms with Crippen molar-refractivity contribution >= 4 is 28.8 Å². The number of piperazine rings is 1. The highest BCUT2D eigenvalue weighted by Gasteiger charge is 2.26.